The minimum atomic E-state index is 0.268. The number of allylic oxidation sites excluding steroid dienone is 2. The number of hydrogen-bond donors (Lipinski definition) is 0. The van der Waals surface area contributed by atoms with Gasteiger partial charge in [-0.25, -0.2) is 0 Å². The molecule has 1 aliphatic carbocycles. The summed E-state index contributed by atoms with van der Waals surface area (Å²) in [5.74, 6) is 1.19. The lowest BCUT2D eigenvalue weighted by Gasteiger charge is -2.22. The molecule has 0 aromatic heterocycles. The zero-order valence-electron chi connectivity index (χ0n) is 11.5. The molecule has 3 nitrogen and oxygen atoms in total. The van der Waals surface area contributed by atoms with E-state index in [1.165, 1.54) is 11.1 Å². The molecule has 1 aromatic carbocycles. The molecule has 0 saturated carbocycles. The lowest BCUT2D eigenvalue weighted by Crippen LogP contribution is -2.09. The van der Waals surface area contributed by atoms with Crippen LogP contribution in [0, 0.1) is 0 Å². The monoisotopic (exact) mass is 260 g/mol. The van der Waals surface area contributed by atoms with Gasteiger partial charge < -0.3 is 14.2 Å². The van der Waals surface area contributed by atoms with Gasteiger partial charge in [-0.2, -0.15) is 0 Å². The van der Waals surface area contributed by atoms with Crippen molar-refractivity contribution in [3.8, 4) is 0 Å². The largest absolute Gasteiger partial charge is 0.468 e. The van der Waals surface area contributed by atoms with E-state index in [9.17, 15) is 0 Å². The van der Waals surface area contributed by atoms with Crippen LogP contribution in [-0.2, 0) is 14.2 Å². The molecule has 1 unspecified atom stereocenters. The maximum atomic E-state index is 5.57. The van der Waals surface area contributed by atoms with E-state index in [0.29, 0.717) is 12.5 Å². The molecule has 2 rings (SSSR count). The van der Waals surface area contributed by atoms with Crippen LogP contribution in [0.3, 0.4) is 0 Å². The van der Waals surface area contributed by atoms with E-state index in [-0.39, 0.29) is 6.79 Å². The van der Waals surface area contributed by atoms with Crippen molar-refractivity contribution in [2.45, 2.75) is 12.3 Å². The van der Waals surface area contributed by atoms with E-state index in [0.717, 1.165) is 12.2 Å². The number of rotatable bonds is 6. The molecule has 3 heteroatoms. The van der Waals surface area contributed by atoms with Gasteiger partial charge in [0.15, 0.2) is 6.79 Å². The summed E-state index contributed by atoms with van der Waals surface area (Å²) < 4.78 is 15.8. The van der Waals surface area contributed by atoms with Gasteiger partial charge in [-0.15, -0.1) is 0 Å². The minimum absolute atomic E-state index is 0.268. The Morgan fingerprint density at radius 3 is 2.58 bits per heavy atom. The van der Waals surface area contributed by atoms with Gasteiger partial charge >= 0.3 is 0 Å². The summed E-state index contributed by atoms with van der Waals surface area (Å²) in [4.78, 5) is 0. The van der Waals surface area contributed by atoms with Crippen molar-refractivity contribution in [1.82, 2.24) is 0 Å². The molecule has 0 bridgehead atoms. The first-order valence-electron chi connectivity index (χ1n) is 6.40. The fourth-order valence-corrected chi connectivity index (χ4v) is 2.26. The van der Waals surface area contributed by atoms with E-state index >= 15 is 0 Å². The molecule has 0 N–H and O–H groups in total. The quantitative estimate of drug-likeness (QED) is 0.735. The van der Waals surface area contributed by atoms with Crippen LogP contribution >= 0.6 is 0 Å². The highest BCUT2D eigenvalue weighted by atomic mass is 16.7. The maximum Gasteiger partial charge on any atom is 0.188 e. The summed E-state index contributed by atoms with van der Waals surface area (Å²) in [7, 11) is 3.34. The molecule has 0 aliphatic heterocycles. The third-order valence-corrected chi connectivity index (χ3v) is 3.09. The Labute approximate surface area is 114 Å². The van der Waals surface area contributed by atoms with Crippen LogP contribution in [0.2, 0.25) is 0 Å². The Morgan fingerprint density at radius 1 is 1.11 bits per heavy atom. The van der Waals surface area contributed by atoms with Crippen molar-refractivity contribution in [3.05, 3.63) is 59.4 Å². The third-order valence-electron chi connectivity index (χ3n) is 3.09. The van der Waals surface area contributed by atoms with Crippen molar-refractivity contribution >= 4 is 0 Å². The van der Waals surface area contributed by atoms with E-state index in [1.807, 2.05) is 12.1 Å². The standard InChI is InChI=1S/C16H20O3/c1-17-11-13-8-15(14-6-4-3-5-7-14)10-16(9-13)19-12-18-2/h3-7,9-10,15H,8,11-12H2,1-2H3. The van der Waals surface area contributed by atoms with E-state index < -0.39 is 0 Å². The van der Waals surface area contributed by atoms with Crippen molar-refractivity contribution in [3.63, 3.8) is 0 Å². The van der Waals surface area contributed by atoms with Gasteiger partial charge in [0.2, 0.25) is 0 Å². The molecule has 0 fully saturated rings. The average Bonchev–Trinajstić information content (AvgIpc) is 2.46. The zero-order valence-corrected chi connectivity index (χ0v) is 11.5. The minimum Gasteiger partial charge on any atom is -0.468 e. The van der Waals surface area contributed by atoms with E-state index in [2.05, 4.69) is 30.3 Å². The summed E-state index contributed by atoms with van der Waals surface area (Å²) in [5.41, 5.74) is 2.53. The van der Waals surface area contributed by atoms with Gasteiger partial charge in [-0.05, 0) is 29.7 Å². The van der Waals surface area contributed by atoms with Crippen LogP contribution in [0.25, 0.3) is 0 Å². The van der Waals surface area contributed by atoms with Crippen LogP contribution in [0.15, 0.2) is 53.8 Å². The highest BCUT2D eigenvalue weighted by Gasteiger charge is 2.17. The molecule has 0 heterocycles. The van der Waals surface area contributed by atoms with Crippen molar-refractivity contribution in [2.75, 3.05) is 27.6 Å². The Bertz CT molecular complexity index is 448. The Morgan fingerprint density at radius 2 is 1.89 bits per heavy atom. The predicted octanol–water partition coefficient (Wildman–Crippen LogP) is 3.25. The first-order chi connectivity index (χ1) is 9.33. The molecule has 0 radical (unpaired) electrons. The van der Waals surface area contributed by atoms with Gasteiger partial charge in [-0.3, -0.25) is 0 Å². The van der Waals surface area contributed by atoms with Gasteiger partial charge in [0, 0.05) is 20.1 Å². The molecule has 102 valence electrons. The lowest BCUT2D eigenvalue weighted by atomic mass is 9.88. The maximum absolute atomic E-state index is 5.57. The van der Waals surface area contributed by atoms with E-state index in [4.69, 9.17) is 14.2 Å². The normalized spacial score (nSPS) is 18.7. The van der Waals surface area contributed by atoms with Crippen LogP contribution in [0.1, 0.15) is 17.9 Å². The highest BCUT2D eigenvalue weighted by molar-refractivity contribution is 5.34. The molecule has 1 atom stereocenters. The van der Waals surface area contributed by atoms with Crippen molar-refractivity contribution in [2.24, 2.45) is 0 Å². The van der Waals surface area contributed by atoms with Gasteiger partial charge in [0.1, 0.15) is 5.76 Å². The second kappa shape index (κ2) is 7.12. The highest BCUT2D eigenvalue weighted by Crippen LogP contribution is 2.31. The average molecular weight is 260 g/mol. The molecule has 0 saturated heterocycles. The lowest BCUT2D eigenvalue weighted by molar-refractivity contribution is 0.00902. The summed E-state index contributed by atoms with van der Waals surface area (Å²) >= 11 is 0. The summed E-state index contributed by atoms with van der Waals surface area (Å²) in [6, 6.07) is 10.4. The first kappa shape index (κ1) is 13.8. The summed E-state index contributed by atoms with van der Waals surface area (Å²) in [5, 5.41) is 0. The predicted molar refractivity (Wildman–Crippen MR) is 74.8 cm³/mol. The molecule has 1 aliphatic rings. The Balaban J connectivity index is 2.16. The fraction of sp³-hybridized carbons (Fsp3) is 0.375. The van der Waals surface area contributed by atoms with Gasteiger partial charge in [-0.1, -0.05) is 30.3 Å². The number of methoxy groups -OCH3 is 2. The smallest absolute Gasteiger partial charge is 0.188 e. The Hall–Kier alpha value is -1.58. The van der Waals surface area contributed by atoms with Gasteiger partial charge in [0.25, 0.3) is 0 Å². The number of benzene rings is 1. The second-order valence-corrected chi connectivity index (χ2v) is 4.58. The topological polar surface area (TPSA) is 27.7 Å². The van der Waals surface area contributed by atoms with E-state index in [1.54, 1.807) is 14.2 Å². The molecule has 19 heavy (non-hydrogen) atoms. The summed E-state index contributed by atoms with van der Waals surface area (Å²) in [6.45, 7) is 0.904. The van der Waals surface area contributed by atoms with Crippen LogP contribution in [0.5, 0.6) is 0 Å². The van der Waals surface area contributed by atoms with Crippen molar-refractivity contribution in [1.29, 1.82) is 0 Å². The molecule has 0 spiro atoms. The molecular formula is C16H20O3. The first-order valence-corrected chi connectivity index (χ1v) is 6.40. The zero-order chi connectivity index (χ0) is 13.5. The van der Waals surface area contributed by atoms with Gasteiger partial charge in [0.05, 0.1) is 6.61 Å². The third kappa shape index (κ3) is 3.94. The van der Waals surface area contributed by atoms with Crippen LogP contribution in [0.4, 0.5) is 0 Å². The molecule has 0 amide bonds. The summed E-state index contributed by atoms with van der Waals surface area (Å²) in [6.07, 6.45) is 5.16. The molecule has 1 aromatic rings. The van der Waals surface area contributed by atoms with Crippen molar-refractivity contribution < 1.29 is 14.2 Å². The van der Waals surface area contributed by atoms with Crippen LogP contribution in [-0.4, -0.2) is 27.6 Å². The number of ether oxygens (including phenoxy) is 3. The van der Waals surface area contributed by atoms with Crippen LogP contribution < -0.4 is 0 Å². The fourth-order valence-electron chi connectivity index (χ4n) is 2.26. The number of hydrogen-bond acceptors (Lipinski definition) is 3. The second-order valence-electron chi connectivity index (χ2n) is 4.58. The Kier molecular flexibility index (Phi) is 5.19. The molecular weight excluding hydrogens is 240 g/mol. The SMILES string of the molecule is COCOC1=CC(c2ccccc2)CC(COC)=C1.